The molecule has 31 heavy (non-hydrogen) atoms. The number of carbonyl (C=O) groups excluding carboxylic acids is 2. The van der Waals surface area contributed by atoms with Crippen molar-refractivity contribution in [2.45, 2.75) is 4.90 Å². The fraction of sp³-hybridized carbons (Fsp3) is 0.286. The van der Waals surface area contributed by atoms with Gasteiger partial charge in [0.2, 0.25) is 21.8 Å². The van der Waals surface area contributed by atoms with Gasteiger partial charge in [0.25, 0.3) is 0 Å². The molecule has 1 fully saturated rings. The van der Waals surface area contributed by atoms with Crippen LogP contribution in [0.1, 0.15) is 5.56 Å². The van der Waals surface area contributed by atoms with Gasteiger partial charge in [-0.3, -0.25) is 19.4 Å². The van der Waals surface area contributed by atoms with Gasteiger partial charge in [0, 0.05) is 26.2 Å². The molecule has 4 rings (SSSR count). The Bertz CT molecular complexity index is 1170. The first kappa shape index (κ1) is 21.0. The quantitative estimate of drug-likeness (QED) is 0.756. The van der Waals surface area contributed by atoms with Crippen molar-refractivity contribution in [1.82, 2.24) is 9.21 Å². The van der Waals surface area contributed by atoms with Crippen molar-refractivity contribution in [3.05, 3.63) is 54.1 Å². The van der Waals surface area contributed by atoms with Gasteiger partial charge in [-0.1, -0.05) is 24.3 Å². The predicted octanol–water partition coefficient (Wildman–Crippen LogP) is 0.850. The number of amides is 2. The Labute approximate surface area is 180 Å². The van der Waals surface area contributed by atoms with E-state index in [2.05, 4.69) is 5.32 Å². The summed E-state index contributed by atoms with van der Waals surface area (Å²) in [6.45, 7) is 1.22. The number of para-hydroxylation sites is 2. The number of benzene rings is 2. The maximum atomic E-state index is 13.0. The van der Waals surface area contributed by atoms with Gasteiger partial charge < -0.3 is 5.32 Å². The molecule has 2 heterocycles. The molecule has 2 aliphatic heterocycles. The highest BCUT2D eigenvalue weighted by Crippen LogP contribution is 2.29. The molecule has 10 heteroatoms. The second-order valence-corrected chi connectivity index (χ2v) is 9.24. The van der Waals surface area contributed by atoms with E-state index < -0.39 is 10.0 Å². The molecular formula is C21H21N5O4S. The summed E-state index contributed by atoms with van der Waals surface area (Å²) >= 11 is 0. The smallest absolute Gasteiger partial charge is 0.244 e. The van der Waals surface area contributed by atoms with Crippen LogP contribution in [0.15, 0.2) is 53.4 Å². The second kappa shape index (κ2) is 8.47. The van der Waals surface area contributed by atoms with Crippen LogP contribution in [-0.2, 0) is 19.6 Å². The molecule has 1 saturated heterocycles. The molecule has 0 saturated carbocycles. The number of rotatable bonds is 4. The Morgan fingerprint density at radius 2 is 1.71 bits per heavy atom. The summed E-state index contributed by atoms with van der Waals surface area (Å²) in [6, 6.07) is 15.2. The third kappa shape index (κ3) is 4.16. The molecular weight excluding hydrogens is 418 g/mol. The van der Waals surface area contributed by atoms with Gasteiger partial charge >= 0.3 is 0 Å². The van der Waals surface area contributed by atoms with Crippen molar-refractivity contribution in [3.63, 3.8) is 0 Å². The minimum atomic E-state index is -3.79. The molecule has 2 aromatic rings. The first-order chi connectivity index (χ1) is 14.9. The molecule has 0 atom stereocenters. The van der Waals surface area contributed by atoms with Crippen LogP contribution in [-0.4, -0.2) is 68.7 Å². The SMILES string of the molecule is N#Cc1ccccc1S(=O)(=O)N1CCN(CC(=O)N2CC(=O)Nc3ccccc32)CC1. The molecule has 0 spiro atoms. The lowest BCUT2D eigenvalue weighted by molar-refractivity contribution is -0.122. The number of anilines is 2. The highest BCUT2D eigenvalue weighted by atomic mass is 32.2. The topological polar surface area (TPSA) is 114 Å². The van der Waals surface area contributed by atoms with Crippen LogP contribution in [0.5, 0.6) is 0 Å². The summed E-state index contributed by atoms with van der Waals surface area (Å²) in [5.74, 6) is -0.465. The number of nitrogens with zero attached hydrogens (tertiary/aromatic N) is 4. The largest absolute Gasteiger partial charge is 0.323 e. The van der Waals surface area contributed by atoms with E-state index in [0.29, 0.717) is 24.5 Å². The number of hydrogen-bond donors (Lipinski definition) is 1. The number of hydrogen-bond acceptors (Lipinski definition) is 6. The van der Waals surface area contributed by atoms with Crippen LogP contribution in [0.2, 0.25) is 0 Å². The van der Waals surface area contributed by atoms with Gasteiger partial charge in [-0.2, -0.15) is 9.57 Å². The number of nitriles is 1. The van der Waals surface area contributed by atoms with Crippen molar-refractivity contribution in [3.8, 4) is 6.07 Å². The number of fused-ring (bicyclic) bond motifs is 1. The van der Waals surface area contributed by atoms with Gasteiger partial charge in [-0.25, -0.2) is 8.42 Å². The van der Waals surface area contributed by atoms with Gasteiger partial charge in [0.1, 0.15) is 12.6 Å². The fourth-order valence-corrected chi connectivity index (χ4v) is 5.35. The average molecular weight is 439 g/mol. The Balaban J connectivity index is 1.41. The van der Waals surface area contributed by atoms with Crippen LogP contribution in [0.25, 0.3) is 0 Å². The molecule has 0 radical (unpaired) electrons. The Morgan fingerprint density at radius 3 is 2.45 bits per heavy atom. The summed E-state index contributed by atoms with van der Waals surface area (Å²) in [7, 11) is -3.79. The van der Waals surface area contributed by atoms with Gasteiger partial charge in [-0.05, 0) is 24.3 Å². The van der Waals surface area contributed by atoms with E-state index in [1.165, 1.54) is 21.3 Å². The maximum absolute atomic E-state index is 13.0. The highest BCUT2D eigenvalue weighted by Gasteiger charge is 2.32. The minimum absolute atomic E-state index is 0.00189. The van der Waals surface area contributed by atoms with Crippen molar-refractivity contribution in [2.75, 3.05) is 49.5 Å². The molecule has 2 aliphatic rings. The molecule has 0 unspecified atom stereocenters. The van der Waals surface area contributed by atoms with Crippen LogP contribution in [0, 0.1) is 11.3 Å². The van der Waals surface area contributed by atoms with E-state index in [-0.39, 0.29) is 48.5 Å². The molecule has 0 bridgehead atoms. The van der Waals surface area contributed by atoms with Crippen LogP contribution in [0.4, 0.5) is 11.4 Å². The van der Waals surface area contributed by atoms with Gasteiger partial charge in [0.05, 0.1) is 28.4 Å². The molecule has 0 aromatic heterocycles. The molecule has 2 aromatic carbocycles. The van der Waals surface area contributed by atoms with E-state index in [0.717, 1.165) is 0 Å². The van der Waals surface area contributed by atoms with Crippen molar-refractivity contribution >= 4 is 33.2 Å². The normalized spacial score (nSPS) is 17.5. The zero-order chi connectivity index (χ0) is 22.0. The number of carbonyl (C=O) groups is 2. The van der Waals surface area contributed by atoms with E-state index >= 15 is 0 Å². The average Bonchev–Trinajstić information content (AvgIpc) is 2.78. The lowest BCUT2D eigenvalue weighted by atomic mass is 10.2. The minimum Gasteiger partial charge on any atom is -0.323 e. The molecule has 9 nitrogen and oxygen atoms in total. The third-order valence-corrected chi connectivity index (χ3v) is 7.34. The summed E-state index contributed by atoms with van der Waals surface area (Å²) in [4.78, 5) is 28.2. The third-order valence-electron chi connectivity index (χ3n) is 5.39. The van der Waals surface area contributed by atoms with Gasteiger partial charge in [-0.15, -0.1) is 0 Å². The fourth-order valence-electron chi connectivity index (χ4n) is 3.78. The zero-order valence-corrected chi connectivity index (χ0v) is 17.5. The predicted molar refractivity (Wildman–Crippen MR) is 114 cm³/mol. The summed E-state index contributed by atoms with van der Waals surface area (Å²) in [6.07, 6.45) is 0. The first-order valence-electron chi connectivity index (χ1n) is 9.81. The summed E-state index contributed by atoms with van der Waals surface area (Å²) in [5, 5.41) is 12.0. The monoisotopic (exact) mass is 439 g/mol. The van der Waals surface area contributed by atoms with Crippen LogP contribution in [0.3, 0.4) is 0 Å². The van der Waals surface area contributed by atoms with E-state index in [4.69, 9.17) is 0 Å². The highest BCUT2D eigenvalue weighted by molar-refractivity contribution is 7.89. The number of sulfonamides is 1. The number of nitrogens with one attached hydrogen (secondary N) is 1. The van der Waals surface area contributed by atoms with Crippen molar-refractivity contribution in [2.24, 2.45) is 0 Å². The lowest BCUT2D eigenvalue weighted by Gasteiger charge is -2.35. The second-order valence-electron chi connectivity index (χ2n) is 7.33. The molecule has 1 N–H and O–H groups in total. The van der Waals surface area contributed by atoms with E-state index in [1.54, 1.807) is 36.4 Å². The molecule has 160 valence electrons. The van der Waals surface area contributed by atoms with E-state index in [9.17, 15) is 23.3 Å². The Morgan fingerprint density at radius 1 is 1.03 bits per heavy atom. The molecule has 0 aliphatic carbocycles. The Kier molecular flexibility index (Phi) is 5.73. The Hall–Kier alpha value is -3.26. The summed E-state index contributed by atoms with van der Waals surface area (Å²) in [5.41, 5.74) is 1.36. The first-order valence-corrected chi connectivity index (χ1v) is 11.2. The van der Waals surface area contributed by atoms with Crippen LogP contribution >= 0.6 is 0 Å². The standard InChI is InChI=1S/C21H21N5O4S/c22-13-16-5-1-4-8-19(16)31(29,30)25-11-9-24(10-12-25)15-21(28)26-14-20(27)23-17-6-2-3-7-18(17)26/h1-8H,9-12,14-15H2,(H,23,27). The summed E-state index contributed by atoms with van der Waals surface area (Å²) < 4.78 is 27.2. The molecule has 2 amide bonds. The van der Waals surface area contributed by atoms with Crippen LogP contribution < -0.4 is 10.2 Å². The maximum Gasteiger partial charge on any atom is 0.244 e. The van der Waals surface area contributed by atoms with Gasteiger partial charge in [0.15, 0.2) is 0 Å². The number of piperazine rings is 1. The van der Waals surface area contributed by atoms with Crippen molar-refractivity contribution in [1.29, 1.82) is 5.26 Å². The van der Waals surface area contributed by atoms with Crippen molar-refractivity contribution < 1.29 is 18.0 Å². The zero-order valence-electron chi connectivity index (χ0n) is 16.7. The lowest BCUT2D eigenvalue weighted by Crippen LogP contribution is -2.52. The van der Waals surface area contributed by atoms with E-state index in [1.807, 2.05) is 11.0 Å².